The SMILES string of the molecule is CC(C)(CNC(=O)Nc1ccccc1)c1ccc(Cl)cc1. The molecule has 4 heteroatoms. The maximum atomic E-state index is 11.9. The molecule has 0 unspecified atom stereocenters. The molecule has 0 radical (unpaired) electrons. The van der Waals surface area contributed by atoms with Crippen LogP contribution >= 0.6 is 11.6 Å². The van der Waals surface area contributed by atoms with Gasteiger partial charge in [-0.25, -0.2) is 4.79 Å². The van der Waals surface area contributed by atoms with E-state index in [1.54, 1.807) is 0 Å². The van der Waals surface area contributed by atoms with E-state index >= 15 is 0 Å². The molecule has 0 aliphatic carbocycles. The number of amides is 2. The van der Waals surface area contributed by atoms with E-state index in [9.17, 15) is 4.79 Å². The number of hydrogen-bond donors (Lipinski definition) is 2. The second-order valence-corrected chi connectivity index (χ2v) is 6.00. The molecule has 0 fully saturated rings. The number of urea groups is 1. The lowest BCUT2D eigenvalue weighted by atomic mass is 9.85. The van der Waals surface area contributed by atoms with Gasteiger partial charge in [0.2, 0.25) is 0 Å². The molecule has 2 N–H and O–H groups in total. The molecular formula is C17H19ClN2O. The normalized spacial score (nSPS) is 11.0. The highest BCUT2D eigenvalue weighted by Gasteiger charge is 2.21. The quantitative estimate of drug-likeness (QED) is 0.861. The lowest BCUT2D eigenvalue weighted by Crippen LogP contribution is -2.38. The number of anilines is 1. The van der Waals surface area contributed by atoms with Gasteiger partial charge in [-0.05, 0) is 29.8 Å². The Morgan fingerprint density at radius 3 is 2.29 bits per heavy atom. The molecule has 0 atom stereocenters. The Morgan fingerprint density at radius 2 is 1.67 bits per heavy atom. The highest BCUT2D eigenvalue weighted by atomic mass is 35.5. The van der Waals surface area contributed by atoms with Crippen molar-refractivity contribution >= 4 is 23.3 Å². The van der Waals surface area contributed by atoms with E-state index in [0.717, 1.165) is 11.3 Å². The van der Waals surface area contributed by atoms with E-state index in [2.05, 4.69) is 24.5 Å². The molecular weight excluding hydrogens is 284 g/mol. The van der Waals surface area contributed by atoms with Gasteiger partial charge in [0.05, 0.1) is 0 Å². The summed E-state index contributed by atoms with van der Waals surface area (Å²) in [5.41, 5.74) is 1.74. The number of para-hydroxylation sites is 1. The summed E-state index contributed by atoms with van der Waals surface area (Å²) in [7, 11) is 0. The predicted molar refractivity (Wildman–Crippen MR) is 87.9 cm³/mol. The maximum Gasteiger partial charge on any atom is 0.319 e. The Kier molecular flexibility index (Phi) is 4.86. The average Bonchev–Trinajstić information content (AvgIpc) is 2.47. The van der Waals surface area contributed by atoms with Gasteiger partial charge in [0.15, 0.2) is 0 Å². The van der Waals surface area contributed by atoms with Crippen LogP contribution in [0, 0.1) is 0 Å². The van der Waals surface area contributed by atoms with Crippen LogP contribution in [0.1, 0.15) is 19.4 Å². The van der Waals surface area contributed by atoms with Gasteiger partial charge in [0, 0.05) is 22.7 Å². The summed E-state index contributed by atoms with van der Waals surface area (Å²) in [6, 6.07) is 16.9. The fraction of sp³-hybridized carbons (Fsp3) is 0.235. The van der Waals surface area contributed by atoms with Gasteiger partial charge in [0.25, 0.3) is 0 Å². The lowest BCUT2D eigenvalue weighted by molar-refractivity contribution is 0.249. The fourth-order valence-electron chi connectivity index (χ4n) is 2.00. The number of hydrogen-bond acceptors (Lipinski definition) is 1. The van der Waals surface area contributed by atoms with Crippen molar-refractivity contribution in [1.29, 1.82) is 0 Å². The maximum absolute atomic E-state index is 11.9. The molecule has 2 rings (SSSR count). The number of halogens is 1. The van der Waals surface area contributed by atoms with Gasteiger partial charge in [-0.3, -0.25) is 0 Å². The van der Waals surface area contributed by atoms with Crippen LogP contribution in [0.4, 0.5) is 10.5 Å². The summed E-state index contributed by atoms with van der Waals surface area (Å²) in [5.74, 6) is 0. The zero-order valence-corrected chi connectivity index (χ0v) is 12.9. The van der Waals surface area contributed by atoms with E-state index in [1.165, 1.54) is 0 Å². The molecule has 110 valence electrons. The van der Waals surface area contributed by atoms with Crippen LogP contribution in [0.3, 0.4) is 0 Å². The molecule has 0 spiro atoms. The number of rotatable bonds is 4. The topological polar surface area (TPSA) is 41.1 Å². The van der Waals surface area contributed by atoms with Gasteiger partial charge in [0.1, 0.15) is 0 Å². The number of carbonyl (C=O) groups is 1. The van der Waals surface area contributed by atoms with Crippen molar-refractivity contribution in [2.75, 3.05) is 11.9 Å². The molecule has 0 aliphatic rings. The van der Waals surface area contributed by atoms with E-state index in [1.807, 2.05) is 54.6 Å². The molecule has 21 heavy (non-hydrogen) atoms. The third-order valence-electron chi connectivity index (χ3n) is 3.35. The minimum atomic E-state index is -0.205. The Morgan fingerprint density at radius 1 is 1.05 bits per heavy atom. The minimum Gasteiger partial charge on any atom is -0.337 e. The van der Waals surface area contributed by atoms with Crippen LogP contribution < -0.4 is 10.6 Å². The first-order valence-electron chi connectivity index (χ1n) is 6.83. The summed E-state index contributed by atoms with van der Waals surface area (Å²) < 4.78 is 0. The minimum absolute atomic E-state index is 0.168. The van der Waals surface area contributed by atoms with Crippen LogP contribution in [-0.4, -0.2) is 12.6 Å². The van der Waals surface area contributed by atoms with Gasteiger partial charge in [-0.1, -0.05) is 55.8 Å². The molecule has 2 amide bonds. The highest BCUT2D eigenvalue weighted by Crippen LogP contribution is 2.23. The lowest BCUT2D eigenvalue weighted by Gasteiger charge is -2.25. The van der Waals surface area contributed by atoms with E-state index in [-0.39, 0.29) is 11.4 Å². The number of benzene rings is 2. The zero-order chi connectivity index (χ0) is 15.3. The van der Waals surface area contributed by atoms with Gasteiger partial charge in [-0.2, -0.15) is 0 Å². The smallest absolute Gasteiger partial charge is 0.319 e. The first kappa shape index (κ1) is 15.4. The van der Waals surface area contributed by atoms with Crippen molar-refractivity contribution in [3.8, 4) is 0 Å². The van der Waals surface area contributed by atoms with Crippen LogP contribution in [-0.2, 0) is 5.41 Å². The second kappa shape index (κ2) is 6.64. The Bertz CT molecular complexity index is 594. The second-order valence-electron chi connectivity index (χ2n) is 5.56. The van der Waals surface area contributed by atoms with Crippen molar-refractivity contribution in [1.82, 2.24) is 5.32 Å². The van der Waals surface area contributed by atoms with Gasteiger partial charge in [-0.15, -0.1) is 0 Å². The molecule has 3 nitrogen and oxygen atoms in total. The molecule has 0 saturated heterocycles. The van der Waals surface area contributed by atoms with Crippen molar-refractivity contribution in [3.05, 3.63) is 65.2 Å². The van der Waals surface area contributed by atoms with E-state index in [0.29, 0.717) is 11.6 Å². The van der Waals surface area contributed by atoms with Crippen LogP contribution in [0.5, 0.6) is 0 Å². The Hall–Kier alpha value is -2.00. The first-order chi connectivity index (χ1) is 9.97. The monoisotopic (exact) mass is 302 g/mol. The molecule has 2 aromatic rings. The van der Waals surface area contributed by atoms with Gasteiger partial charge >= 0.3 is 6.03 Å². The summed E-state index contributed by atoms with van der Waals surface area (Å²) in [6.07, 6.45) is 0. The Balaban J connectivity index is 1.92. The van der Waals surface area contributed by atoms with Crippen LogP contribution in [0.25, 0.3) is 0 Å². The van der Waals surface area contributed by atoms with Crippen LogP contribution in [0.2, 0.25) is 5.02 Å². The van der Waals surface area contributed by atoms with Crippen molar-refractivity contribution < 1.29 is 4.79 Å². The predicted octanol–water partition coefficient (Wildman–Crippen LogP) is 4.44. The standard InChI is InChI=1S/C17H19ClN2O/c1-17(2,13-8-10-14(18)11-9-13)12-19-16(21)20-15-6-4-3-5-7-15/h3-11H,12H2,1-2H3,(H2,19,20,21). The Labute approximate surface area is 130 Å². The molecule has 2 aromatic carbocycles. The largest absolute Gasteiger partial charge is 0.337 e. The third kappa shape index (κ3) is 4.50. The van der Waals surface area contributed by atoms with Crippen molar-refractivity contribution in [3.63, 3.8) is 0 Å². The zero-order valence-electron chi connectivity index (χ0n) is 12.2. The first-order valence-corrected chi connectivity index (χ1v) is 7.21. The van der Waals surface area contributed by atoms with Crippen LogP contribution in [0.15, 0.2) is 54.6 Å². The average molecular weight is 303 g/mol. The van der Waals surface area contributed by atoms with Gasteiger partial charge < -0.3 is 10.6 Å². The summed E-state index contributed by atoms with van der Waals surface area (Å²) in [5, 5.41) is 6.42. The number of nitrogens with one attached hydrogen (secondary N) is 2. The highest BCUT2D eigenvalue weighted by molar-refractivity contribution is 6.30. The molecule has 0 saturated carbocycles. The molecule has 0 aliphatic heterocycles. The van der Waals surface area contributed by atoms with E-state index < -0.39 is 0 Å². The molecule has 0 bridgehead atoms. The van der Waals surface area contributed by atoms with E-state index in [4.69, 9.17) is 11.6 Å². The number of carbonyl (C=O) groups excluding carboxylic acids is 1. The molecule has 0 heterocycles. The van der Waals surface area contributed by atoms with Crippen molar-refractivity contribution in [2.24, 2.45) is 0 Å². The fourth-order valence-corrected chi connectivity index (χ4v) is 2.13. The summed E-state index contributed by atoms with van der Waals surface area (Å²) in [6.45, 7) is 4.70. The summed E-state index contributed by atoms with van der Waals surface area (Å²) >= 11 is 5.90. The third-order valence-corrected chi connectivity index (χ3v) is 3.60. The molecule has 0 aromatic heterocycles. The van der Waals surface area contributed by atoms with Crippen molar-refractivity contribution in [2.45, 2.75) is 19.3 Å². The summed E-state index contributed by atoms with van der Waals surface area (Å²) in [4.78, 5) is 11.9.